The van der Waals surface area contributed by atoms with Crippen molar-refractivity contribution in [3.8, 4) is 11.5 Å². The molecular formula is C17H21N3O5. The van der Waals surface area contributed by atoms with Crippen LogP contribution in [0.15, 0.2) is 24.3 Å². The van der Waals surface area contributed by atoms with Crippen LogP contribution in [0.5, 0.6) is 11.5 Å². The maximum Gasteiger partial charge on any atom is 0.341 e. The molecule has 1 heterocycles. The van der Waals surface area contributed by atoms with Gasteiger partial charge in [0.2, 0.25) is 0 Å². The SMILES string of the molecule is Cc1nn(C)c(C)c1OCC(=O)N(C)c1ccc(OCC(=O)O)cc1. The molecule has 0 fully saturated rings. The number of hydrogen-bond donors (Lipinski definition) is 1. The Labute approximate surface area is 145 Å². The molecule has 0 bridgehead atoms. The summed E-state index contributed by atoms with van der Waals surface area (Å²) in [5.41, 5.74) is 2.24. The average Bonchev–Trinajstić information content (AvgIpc) is 2.83. The van der Waals surface area contributed by atoms with E-state index in [1.165, 1.54) is 4.90 Å². The van der Waals surface area contributed by atoms with Crippen molar-refractivity contribution in [1.29, 1.82) is 0 Å². The van der Waals surface area contributed by atoms with Crippen LogP contribution < -0.4 is 14.4 Å². The van der Waals surface area contributed by atoms with Gasteiger partial charge in [-0.15, -0.1) is 0 Å². The fourth-order valence-corrected chi connectivity index (χ4v) is 2.25. The van der Waals surface area contributed by atoms with E-state index in [1.54, 1.807) is 36.0 Å². The number of aromatic nitrogens is 2. The van der Waals surface area contributed by atoms with Crippen LogP contribution in [-0.4, -0.2) is 47.0 Å². The van der Waals surface area contributed by atoms with Gasteiger partial charge in [-0.2, -0.15) is 5.10 Å². The molecule has 1 amide bonds. The summed E-state index contributed by atoms with van der Waals surface area (Å²) >= 11 is 0. The molecule has 8 heteroatoms. The van der Waals surface area contributed by atoms with Gasteiger partial charge < -0.3 is 19.5 Å². The van der Waals surface area contributed by atoms with Gasteiger partial charge in [0.25, 0.3) is 5.91 Å². The maximum atomic E-state index is 12.3. The first kappa shape index (κ1) is 18.3. The Hall–Kier alpha value is -3.03. The van der Waals surface area contributed by atoms with Crippen LogP contribution in [0.4, 0.5) is 5.69 Å². The topological polar surface area (TPSA) is 93.9 Å². The summed E-state index contributed by atoms with van der Waals surface area (Å²) in [7, 11) is 3.46. The molecule has 0 aliphatic carbocycles. The second kappa shape index (κ2) is 7.69. The van der Waals surface area contributed by atoms with Crippen LogP contribution in [0.1, 0.15) is 11.4 Å². The molecule has 1 N–H and O–H groups in total. The first-order chi connectivity index (χ1) is 11.8. The number of ether oxygens (including phenoxy) is 2. The van der Waals surface area contributed by atoms with Crippen molar-refractivity contribution >= 4 is 17.6 Å². The first-order valence-corrected chi connectivity index (χ1v) is 7.63. The normalized spacial score (nSPS) is 10.4. The molecule has 0 aliphatic heterocycles. The molecule has 134 valence electrons. The Morgan fingerprint density at radius 2 is 1.80 bits per heavy atom. The quantitative estimate of drug-likeness (QED) is 0.816. The first-order valence-electron chi connectivity index (χ1n) is 7.63. The summed E-state index contributed by atoms with van der Waals surface area (Å²) in [4.78, 5) is 24.2. The zero-order valence-electron chi connectivity index (χ0n) is 14.6. The van der Waals surface area contributed by atoms with Gasteiger partial charge in [0.1, 0.15) is 11.4 Å². The van der Waals surface area contributed by atoms with Gasteiger partial charge in [0, 0.05) is 19.8 Å². The second-order valence-corrected chi connectivity index (χ2v) is 5.54. The fourth-order valence-electron chi connectivity index (χ4n) is 2.25. The Kier molecular flexibility index (Phi) is 5.63. The summed E-state index contributed by atoms with van der Waals surface area (Å²) in [5.74, 6) is -0.233. The van der Waals surface area contributed by atoms with Crippen molar-refractivity contribution in [3.63, 3.8) is 0 Å². The zero-order chi connectivity index (χ0) is 18.6. The lowest BCUT2D eigenvalue weighted by atomic mass is 10.3. The predicted molar refractivity (Wildman–Crippen MR) is 91.2 cm³/mol. The Morgan fingerprint density at radius 3 is 2.32 bits per heavy atom. The predicted octanol–water partition coefficient (Wildman–Crippen LogP) is 1.54. The second-order valence-electron chi connectivity index (χ2n) is 5.54. The largest absolute Gasteiger partial charge is 0.482 e. The number of rotatable bonds is 7. The van der Waals surface area contributed by atoms with E-state index in [0.717, 1.165) is 11.4 Å². The highest BCUT2D eigenvalue weighted by Crippen LogP contribution is 2.22. The van der Waals surface area contributed by atoms with E-state index >= 15 is 0 Å². The number of carbonyl (C=O) groups is 2. The van der Waals surface area contributed by atoms with E-state index in [-0.39, 0.29) is 12.5 Å². The number of carboxylic acids is 1. The molecule has 25 heavy (non-hydrogen) atoms. The average molecular weight is 347 g/mol. The minimum absolute atomic E-state index is 0.110. The Balaban J connectivity index is 1.96. The van der Waals surface area contributed by atoms with Gasteiger partial charge in [-0.1, -0.05) is 0 Å². The van der Waals surface area contributed by atoms with Crippen molar-refractivity contribution in [2.24, 2.45) is 7.05 Å². The number of benzene rings is 1. The lowest BCUT2D eigenvalue weighted by molar-refractivity contribution is -0.139. The third kappa shape index (κ3) is 4.50. The van der Waals surface area contributed by atoms with Gasteiger partial charge in [-0.3, -0.25) is 9.48 Å². The van der Waals surface area contributed by atoms with Crippen LogP contribution in [0.2, 0.25) is 0 Å². The highest BCUT2D eigenvalue weighted by molar-refractivity contribution is 5.94. The number of likely N-dealkylation sites (N-methyl/N-ethyl adjacent to an activating group) is 1. The Bertz CT molecular complexity index is 767. The minimum atomic E-state index is -1.05. The van der Waals surface area contributed by atoms with Crippen LogP contribution in [0.3, 0.4) is 0 Å². The summed E-state index contributed by atoms with van der Waals surface area (Å²) in [6, 6.07) is 6.57. The molecule has 1 aromatic carbocycles. The summed E-state index contributed by atoms with van der Waals surface area (Å²) in [5, 5.41) is 12.8. The lowest BCUT2D eigenvalue weighted by Gasteiger charge is -2.18. The molecule has 0 saturated heterocycles. The van der Waals surface area contributed by atoms with Gasteiger partial charge in [0.05, 0.1) is 5.69 Å². The number of hydrogen-bond acceptors (Lipinski definition) is 5. The smallest absolute Gasteiger partial charge is 0.341 e. The molecule has 0 radical (unpaired) electrons. The summed E-state index contributed by atoms with van der Waals surface area (Å²) in [6.07, 6.45) is 0. The summed E-state index contributed by atoms with van der Waals surface area (Å²) < 4.78 is 12.4. The van der Waals surface area contributed by atoms with Crippen LogP contribution >= 0.6 is 0 Å². The fraction of sp³-hybridized carbons (Fsp3) is 0.353. The van der Waals surface area contributed by atoms with Crippen molar-refractivity contribution in [3.05, 3.63) is 35.7 Å². The van der Waals surface area contributed by atoms with Crippen molar-refractivity contribution in [1.82, 2.24) is 9.78 Å². The molecule has 0 atom stereocenters. The lowest BCUT2D eigenvalue weighted by Crippen LogP contribution is -2.31. The number of nitrogens with zero attached hydrogens (tertiary/aromatic N) is 3. The van der Waals surface area contributed by atoms with Crippen LogP contribution in [-0.2, 0) is 16.6 Å². The van der Waals surface area contributed by atoms with Gasteiger partial charge >= 0.3 is 5.97 Å². The molecule has 1 aromatic heterocycles. The minimum Gasteiger partial charge on any atom is -0.482 e. The van der Waals surface area contributed by atoms with E-state index in [4.69, 9.17) is 14.6 Å². The number of anilines is 1. The molecule has 2 rings (SSSR count). The van der Waals surface area contributed by atoms with Gasteiger partial charge in [-0.25, -0.2) is 4.79 Å². The molecule has 0 spiro atoms. The maximum absolute atomic E-state index is 12.3. The van der Waals surface area contributed by atoms with Gasteiger partial charge in [0.15, 0.2) is 19.0 Å². The van der Waals surface area contributed by atoms with Crippen molar-refractivity contribution in [2.75, 3.05) is 25.2 Å². The molecule has 2 aromatic rings. The highest BCUT2D eigenvalue weighted by Gasteiger charge is 2.16. The number of carboxylic acid groups (broad SMARTS) is 1. The summed E-state index contributed by atoms with van der Waals surface area (Å²) in [6.45, 7) is 3.18. The monoisotopic (exact) mass is 347 g/mol. The van der Waals surface area contributed by atoms with E-state index in [2.05, 4.69) is 5.10 Å². The zero-order valence-corrected chi connectivity index (χ0v) is 14.6. The molecule has 8 nitrogen and oxygen atoms in total. The molecule has 0 unspecified atom stereocenters. The molecular weight excluding hydrogens is 326 g/mol. The standard InChI is InChI=1S/C17H21N3O5/c1-11-17(12(2)20(4)18-11)25-9-15(21)19(3)13-5-7-14(8-6-13)24-10-16(22)23/h5-8H,9-10H2,1-4H3,(H,22,23). The number of aliphatic carboxylic acids is 1. The third-order valence-electron chi connectivity index (χ3n) is 3.74. The van der Waals surface area contributed by atoms with Crippen LogP contribution in [0.25, 0.3) is 0 Å². The van der Waals surface area contributed by atoms with Crippen molar-refractivity contribution < 1.29 is 24.2 Å². The van der Waals surface area contributed by atoms with E-state index < -0.39 is 12.6 Å². The highest BCUT2D eigenvalue weighted by atomic mass is 16.5. The van der Waals surface area contributed by atoms with Gasteiger partial charge in [-0.05, 0) is 38.1 Å². The third-order valence-corrected chi connectivity index (χ3v) is 3.74. The molecule has 0 aliphatic rings. The number of amides is 1. The van der Waals surface area contributed by atoms with E-state index in [0.29, 0.717) is 17.2 Å². The number of carbonyl (C=O) groups excluding carboxylic acids is 1. The van der Waals surface area contributed by atoms with E-state index in [9.17, 15) is 9.59 Å². The van der Waals surface area contributed by atoms with Crippen molar-refractivity contribution in [2.45, 2.75) is 13.8 Å². The Morgan fingerprint density at radius 1 is 1.16 bits per heavy atom. The van der Waals surface area contributed by atoms with E-state index in [1.807, 2.05) is 20.9 Å². The van der Waals surface area contributed by atoms with Crippen LogP contribution in [0, 0.1) is 13.8 Å². The molecule has 0 saturated carbocycles. The number of aryl methyl sites for hydroxylation is 2.